The number of nitrogens with zero attached hydrogens (tertiary/aromatic N) is 2. The fourth-order valence-corrected chi connectivity index (χ4v) is 4.88. The minimum absolute atomic E-state index is 0.220. The van der Waals surface area contributed by atoms with Gasteiger partial charge >= 0.3 is 0 Å². The molecule has 1 N–H and O–H groups in total. The molecule has 1 unspecified atom stereocenters. The summed E-state index contributed by atoms with van der Waals surface area (Å²) in [5, 5.41) is 1.28. The van der Waals surface area contributed by atoms with Crippen molar-refractivity contribution in [1.29, 1.82) is 0 Å². The maximum absolute atomic E-state index is 13.3. The van der Waals surface area contributed by atoms with Crippen molar-refractivity contribution >= 4 is 16.8 Å². The SMILES string of the molecule is CCc1cccc2c(C(CCc3ccccc3)CC(=O)N3CCN(CC)CC3)c[nH]c12. The van der Waals surface area contributed by atoms with Crippen molar-refractivity contribution in [2.75, 3.05) is 32.7 Å². The molecule has 1 amide bonds. The molecule has 3 aromatic rings. The number of amides is 1. The molecule has 1 fully saturated rings. The van der Waals surface area contributed by atoms with Crippen LogP contribution in [0.15, 0.2) is 54.7 Å². The van der Waals surface area contributed by atoms with Crippen LogP contribution >= 0.6 is 0 Å². The Hall–Kier alpha value is -2.59. The molecule has 4 nitrogen and oxygen atoms in total. The van der Waals surface area contributed by atoms with E-state index in [2.05, 4.69) is 83.4 Å². The number of benzene rings is 2. The summed E-state index contributed by atoms with van der Waals surface area (Å²) in [6, 6.07) is 17.2. The summed E-state index contributed by atoms with van der Waals surface area (Å²) in [6.45, 7) is 9.14. The first kappa shape index (κ1) is 21.6. The standard InChI is InChI=1S/C27H35N3O/c1-3-22-11-8-12-24-25(20-28-27(22)24)23(14-13-21-9-6-5-7-10-21)19-26(31)30-17-15-29(4-2)16-18-30/h5-12,20,23,28H,3-4,13-19H2,1-2H3. The monoisotopic (exact) mass is 417 g/mol. The summed E-state index contributed by atoms with van der Waals surface area (Å²) in [5.74, 6) is 0.521. The number of para-hydroxylation sites is 1. The average molecular weight is 418 g/mol. The van der Waals surface area contributed by atoms with Crippen LogP contribution in [-0.2, 0) is 17.6 Å². The number of likely N-dealkylation sites (N-methyl/N-ethyl adjacent to an activating group) is 1. The van der Waals surface area contributed by atoms with Crippen LogP contribution in [-0.4, -0.2) is 53.4 Å². The first-order valence-corrected chi connectivity index (χ1v) is 11.8. The predicted molar refractivity (Wildman–Crippen MR) is 128 cm³/mol. The third kappa shape index (κ3) is 5.01. The summed E-state index contributed by atoms with van der Waals surface area (Å²) in [7, 11) is 0. The van der Waals surface area contributed by atoms with Crippen molar-refractivity contribution in [3.05, 3.63) is 71.4 Å². The van der Waals surface area contributed by atoms with Crippen LogP contribution < -0.4 is 0 Å². The summed E-state index contributed by atoms with van der Waals surface area (Å²) in [5.41, 5.74) is 5.20. The van der Waals surface area contributed by atoms with E-state index in [1.54, 1.807) is 0 Å². The van der Waals surface area contributed by atoms with Gasteiger partial charge in [-0.1, -0.05) is 62.4 Å². The first-order chi connectivity index (χ1) is 15.2. The van der Waals surface area contributed by atoms with Gasteiger partial charge < -0.3 is 14.8 Å². The van der Waals surface area contributed by atoms with E-state index in [-0.39, 0.29) is 5.92 Å². The lowest BCUT2D eigenvalue weighted by Crippen LogP contribution is -2.48. The van der Waals surface area contributed by atoms with E-state index in [0.717, 1.165) is 52.0 Å². The average Bonchev–Trinajstić information content (AvgIpc) is 3.26. The molecule has 2 heterocycles. The first-order valence-electron chi connectivity index (χ1n) is 11.8. The molecule has 1 aliphatic heterocycles. The molecule has 2 aromatic carbocycles. The molecule has 0 radical (unpaired) electrons. The molecule has 31 heavy (non-hydrogen) atoms. The zero-order valence-electron chi connectivity index (χ0n) is 18.9. The van der Waals surface area contributed by atoms with Crippen molar-refractivity contribution in [2.45, 2.75) is 45.4 Å². The molecule has 0 aliphatic carbocycles. The quantitative estimate of drug-likeness (QED) is 0.560. The molecule has 0 bridgehead atoms. The van der Waals surface area contributed by atoms with Gasteiger partial charge in [0, 0.05) is 49.7 Å². The van der Waals surface area contributed by atoms with Crippen molar-refractivity contribution < 1.29 is 4.79 Å². The highest BCUT2D eigenvalue weighted by molar-refractivity contribution is 5.87. The van der Waals surface area contributed by atoms with E-state index in [0.29, 0.717) is 12.3 Å². The molecule has 1 aliphatic rings. The van der Waals surface area contributed by atoms with E-state index >= 15 is 0 Å². The summed E-state index contributed by atoms with van der Waals surface area (Å²) in [4.78, 5) is 21.3. The highest BCUT2D eigenvalue weighted by atomic mass is 16.2. The second kappa shape index (κ2) is 10.1. The van der Waals surface area contributed by atoms with Gasteiger partial charge in [-0.3, -0.25) is 4.79 Å². The second-order valence-corrected chi connectivity index (χ2v) is 8.68. The molecule has 1 saturated heterocycles. The van der Waals surface area contributed by atoms with Crippen LogP contribution in [0.5, 0.6) is 0 Å². The molecule has 0 saturated carbocycles. The third-order valence-electron chi connectivity index (χ3n) is 6.87. The lowest BCUT2D eigenvalue weighted by molar-refractivity contribution is -0.133. The van der Waals surface area contributed by atoms with Crippen molar-refractivity contribution in [3.63, 3.8) is 0 Å². The maximum atomic E-state index is 13.3. The number of nitrogens with one attached hydrogen (secondary N) is 1. The van der Waals surface area contributed by atoms with E-state index in [4.69, 9.17) is 0 Å². The predicted octanol–water partition coefficient (Wildman–Crippen LogP) is 5.00. The van der Waals surface area contributed by atoms with E-state index in [9.17, 15) is 4.79 Å². The number of fused-ring (bicyclic) bond motifs is 1. The summed E-state index contributed by atoms with van der Waals surface area (Å²) < 4.78 is 0. The molecule has 164 valence electrons. The zero-order valence-corrected chi connectivity index (χ0v) is 18.9. The number of carbonyl (C=O) groups excluding carboxylic acids is 1. The number of rotatable bonds is 8. The van der Waals surface area contributed by atoms with Crippen LogP contribution in [0.2, 0.25) is 0 Å². The van der Waals surface area contributed by atoms with Crippen LogP contribution in [0.1, 0.15) is 49.3 Å². The number of H-pyrrole nitrogens is 1. The third-order valence-corrected chi connectivity index (χ3v) is 6.87. The molecule has 1 atom stereocenters. The number of aryl methyl sites for hydroxylation is 2. The molecule has 4 heteroatoms. The number of aromatic amines is 1. The van der Waals surface area contributed by atoms with Gasteiger partial charge in [-0.25, -0.2) is 0 Å². The Kier molecular flexibility index (Phi) is 7.08. The van der Waals surface area contributed by atoms with Gasteiger partial charge in [-0.05, 0) is 48.4 Å². The number of piperazine rings is 1. The Morgan fingerprint density at radius 3 is 2.48 bits per heavy atom. The normalized spacial score (nSPS) is 16.0. The topological polar surface area (TPSA) is 39.3 Å². The number of carbonyl (C=O) groups is 1. The Balaban J connectivity index is 1.55. The zero-order chi connectivity index (χ0) is 21.6. The fraction of sp³-hybridized carbons (Fsp3) is 0.444. The van der Waals surface area contributed by atoms with Crippen LogP contribution in [0.3, 0.4) is 0 Å². The molecular weight excluding hydrogens is 382 g/mol. The van der Waals surface area contributed by atoms with Crippen LogP contribution in [0, 0.1) is 0 Å². The van der Waals surface area contributed by atoms with E-state index < -0.39 is 0 Å². The molecule has 0 spiro atoms. The van der Waals surface area contributed by atoms with E-state index in [1.807, 2.05) is 0 Å². The van der Waals surface area contributed by atoms with Crippen LogP contribution in [0.4, 0.5) is 0 Å². The summed E-state index contributed by atoms with van der Waals surface area (Å²) in [6.07, 6.45) is 5.72. The lowest BCUT2D eigenvalue weighted by Gasteiger charge is -2.34. The van der Waals surface area contributed by atoms with Crippen molar-refractivity contribution in [3.8, 4) is 0 Å². The van der Waals surface area contributed by atoms with Gasteiger partial charge in [-0.15, -0.1) is 0 Å². The fourth-order valence-electron chi connectivity index (χ4n) is 4.88. The highest BCUT2D eigenvalue weighted by Crippen LogP contribution is 2.33. The largest absolute Gasteiger partial charge is 0.361 e. The van der Waals surface area contributed by atoms with Gasteiger partial charge in [0.15, 0.2) is 0 Å². The van der Waals surface area contributed by atoms with Crippen LogP contribution in [0.25, 0.3) is 10.9 Å². The number of hydrogen-bond acceptors (Lipinski definition) is 2. The Morgan fingerprint density at radius 2 is 1.77 bits per heavy atom. The summed E-state index contributed by atoms with van der Waals surface area (Å²) >= 11 is 0. The molecule has 4 rings (SSSR count). The van der Waals surface area contributed by atoms with Gasteiger partial charge in [0.25, 0.3) is 0 Å². The Bertz CT molecular complexity index is 986. The minimum Gasteiger partial charge on any atom is -0.361 e. The van der Waals surface area contributed by atoms with Gasteiger partial charge in [0.05, 0.1) is 0 Å². The Morgan fingerprint density at radius 1 is 1.00 bits per heavy atom. The van der Waals surface area contributed by atoms with Crippen molar-refractivity contribution in [1.82, 2.24) is 14.8 Å². The highest BCUT2D eigenvalue weighted by Gasteiger charge is 2.25. The van der Waals surface area contributed by atoms with E-state index in [1.165, 1.54) is 27.6 Å². The minimum atomic E-state index is 0.220. The number of hydrogen-bond donors (Lipinski definition) is 1. The molecule has 1 aromatic heterocycles. The lowest BCUT2D eigenvalue weighted by atomic mass is 9.88. The number of aromatic nitrogens is 1. The maximum Gasteiger partial charge on any atom is 0.223 e. The smallest absolute Gasteiger partial charge is 0.223 e. The van der Waals surface area contributed by atoms with Gasteiger partial charge in [-0.2, -0.15) is 0 Å². The molecular formula is C27H35N3O. The second-order valence-electron chi connectivity index (χ2n) is 8.68. The van der Waals surface area contributed by atoms with Crippen molar-refractivity contribution in [2.24, 2.45) is 0 Å². The van der Waals surface area contributed by atoms with Gasteiger partial charge in [0.2, 0.25) is 5.91 Å². The Labute approximate surface area is 186 Å². The van der Waals surface area contributed by atoms with Gasteiger partial charge in [0.1, 0.15) is 0 Å².